The summed E-state index contributed by atoms with van der Waals surface area (Å²) in [7, 11) is 6.00. The number of nitrogens with zero attached hydrogens (tertiary/aromatic N) is 5. The van der Waals surface area contributed by atoms with Crippen molar-refractivity contribution < 1.29 is 4.39 Å². The minimum Gasteiger partial charge on any atom is -0.358 e. The van der Waals surface area contributed by atoms with Crippen molar-refractivity contribution >= 4 is 17.5 Å². The molecule has 0 aliphatic carbocycles. The average Bonchev–Trinajstić information content (AvgIpc) is 3.04. The third-order valence-corrected chi connectivity index (χ3v) is 4.06. The Balaban J connectivity index is 1.98. The predicted molar refractivity (Wildman–Crippen MR) is 106 cm³/mol. The van der Waals surface area contributed by atoms with E-state index >= 15 is 0 Å². The molecule has 0 aliphatic heterocycles. The molecule has 3 rings (SSSR count). The molecule has 0 radical (unpaired) electrons. The van der Waals surface area contributed by atoms with E-state index in [1.807, 2.05) is 45.1 Å². The van der Waals surface area contributed by atoms with Gasteiger partial charge >= 0.3 is 0 Å². The topological polar surface area (TPSA) is 73.0 Å². The number of H-pyrrole nitrogens is 1. The van der Waals surface area contributed by atoms with Crippen molar-refractivity contribution in [2.45, 2.75) is 6.92 Å². The third kappa shape index (κ3) is 4.79. The first-order chi connectivity index (χ1) is 12.9. The lowest BCUT2D eigenvalue weighted by Gasteiger charge is -2.21. The molecule has 0 saturated carbocycles. The fourth-order valence-corrected chi connectivity index (χ4v) is 2.53. The van der Waals surface area contributed by atoms with E-state index < -0.39 is 0 Å². The van der Waals surface area contributed by atoms with E-state index in [1.165, 1.54) is 6.07 Å². The van der Waals surface area contributed by atoms with Crippen molar-refractivity contribution in [2.24, 2.45) is 0 Å². The molecule has 0 fully saturated rings. The molecule has 0 spiro atoms. The number of benzene rings is 1. The summed E-state index contributed by atoms with van der Waals surface area (Å²) < 4.78 is 14.3. The summed E-state index contributed by atoms with van der Waals surface area (Å²) in [5.74, 6) is 1.89. The summed E-state index contributed by atoms with van der Waals surface area (Å²) in [5, 5.41) is 10.2. The number of likely N-dealkylation sites (N-methyl/N-ethyl adjacent to an activating group) is 2. The second-order valence-corrected chi connectivity index (χ2v) is 6.70. The molecule has 0 aliphatic rings. The molecule has 142 valence electrons. The van der Waals surface area contributed by atoms with Crippen LogP contribution in [0.1, 0.15) is 5.69 Å². The Morgan fingerprint density at radius 2 is 1.81 bits per heavy atom. The Hall–Kier alpha value is -3.00. The second kappa shape index (κ2) is 8.13. The number of hydrogen-bond donors (Lipinski definition) is 2. The number of nitrogens with one attached hydrogen (secondary N) is 2. The lowest BCUT2D eigenvalue weighted by molar-refractivity contribution is 0.416. The first-order valence-corrected chi connectivity index (χ1v) is 8.71. The lowest BCUT2D eigenvalue weighted by atomic mass is 10.2. The van der Waals surface area contributed by atoms with Gasteiger partial charge in [0, 0.05) is 38.0 Å². The first kappa shape index (κ1) is 18.8. The number of aromatic nitrogens is 4. The molecule has 8 heteroatoms. The molecule has 0 saturated heterocycles. The fraction of sp³-hybridized carbons (Fsp3) is 0.316. The molecule has 2 N–H and O–H groups in total. The molecule has 2 heterocycles. The van der Waals surface area contributed by atoms with Gasteiger partial charge in [0.15, 0.2) is 11.6 Å². The number of rotatable bonds is 7. The van der Waals surface area contributed by atoms with Crippen LogP contribution in [0, 0.1) is 12.7 Å². The van der Waals surface area contributed by atoms with Crippen LogP contribution in [0.2, 0.25) is 0 Å². The van der Waals surface area contributed by atoms with Crippen LogP contribution in [0.5, 0.6) is 0 Å². The predicted octanol–water partition coefficient (Wildman–Crippen LogP) is 3.06. The van der Waals surface area contributed by atoms with Crippen molar-refractivity contribution in [2.75, 3.05) is 44.4 Å². The van der Waals surface area contributed by atoms with Crippen molar-refractivity contribution in [1.29, 1.82) is 0 Å². The van der Waals surface area contributed by atoms with Gasteiger partial charge in [-0.05, 0) is 33.2 Å². The maximum Gasteiger partial charge on any atom is 0.166 e. The van der Waals surface area contributed by atoms with Gasteiger partial charge in [0.05, 0.1) is 5.56 Å². The summed E-state index contributed by atoms with van der Waals surface area (Å²) in [5.41, 5.74) is 1.30. The van der Waals surface area contributed by atoms with Crippen LogP contribution in [-0.4, -0.2) is 59.3 Å². The Morgan fingerprint density at radius 3 is 2.48 bits per heavy atom. The van der Waals surface area contributed by atoms with Crippen LogP contribution in [0.4, 0.5) is 21.8 Å². The van der Waals surface area contributed by atoms with Gasteiger partial charge in [0.1, 0.15) is 17.5 Å². The van der Waals surface area contributed by atoms with Gasteiger partial charge in [0.25, 0.3) is 0 Å². The fourth-order valence-electron chi connectivity index (χ4n) is 2.53. The molecule has 0 amide bonds. The zero-order chi connectivity index (χ0) is 19.4. The zero-order valence-electron chi connectivity index (χ0n) is 16.0. The Bertz CT molecular complexity index is 907. The highest BCUT2D eigenvalue weighted by molar-refractivity contribution is 5.64. The Kier molecular flexibility index (Phi) is 5.66. The maximum absolute atomic E-state index is 14.3. The normalized spacial score (nSPS) is 11.0. The van der Waals surface area contributed by atoms with Crippen LogP contribution >= 0.6 is 0 Å². The van der Waals surface area contributed by atoms with Gasteiger partial charge < -0.3 is 15.1 Å². The summed E-state index contributed by atoms with van der Waals surface area (Å²) in [6.45, 7) is 3.57. The lowest BCUT2D eigenvalue weighted by Crippen LogP contribution is -2.29. The molecule has 1 aromatic carbocycles. The third-order valence-electron chi connectivity index (χ3n) is 4.06. The second-order valence-electron chi connectivity index (χ2n) is 6.70. The molecule has 0 bridgehead atoms. The number of anilines is 3. The van der Waals surface area contributed by atoms with E-state index in [2.05, 4.69) is 30.4 Å². The van der Waals surface area contributed by atoms with Crippen molar-refractivity contribution in [3.8, 4) is 11.4 Å². The summed E-state index contributed by atoms with van der Waals surface area (Å²) in [6, 6.07) is 10.2. The molecule has 2 aromatic heterocycles. The molecule has 0 atom stereocenters. The van der Waals surface area contributed by atoms with Gasteiger partial charge in [-0.15, -0.1) is 0 Å². The molecule has 7 nitrogen and oxygen atoms in total. The quantitative estimate of drug-likeness (QED) is 0.667. The zero-order valence-corrected chi connectivity index (χ0v) is 16.0. The van der Waals surface area contributed by atoms with E-state index in [0.717, 1.165) is 18.8 Å². The maximum atomic E-state index is 14.3. The Morgan fingerprint density at radius 1 is 1.04 bits per heavy atom. The monoisotopic (exact) mass is 369 g/mol. The van der Waals surface area contributed by atoms with Gasteiger partial charge in [-0.2, -0.15) is 5.10 Å². The van der Waals surface area contributed by atoms with Gasteiger partial charge in [-0.1, -0.05) is 12.1 Å². The van der Waals surface area contributed by atoms with E-state index in [9.17, 15) is 4.39 Å². The highest BCUT2D eigenvalue weighted by Crippen LogP contribution is 2.25. The number of hydrogen-bond acceptors (Lipinski definition) is 6. The summed E-state index contributed by atoms with van der Waals surface area (Å²) in [6.07, 6.45) is 0. The van der Waals surface area contributed by atoms with Gasteiger partial charge in [-0.25, -0.2) is 14.4 Å². The Labute approximate surface area is 158 Å². The van der Waals surface area contributed by atoms with Crippen molar-refractivity contribution in [3.63, 3.8) is 0 Å². The minimum absolute atomic E-state index is 0.331. The number of aromatic amines is 1. The SMILES string of the molecule is Cc1cc(Nc2cc(N(C)CCN(C)C)nc(-c3ccccc3F)n2)n[nH]1. The highest BCUT2D eigenvalue weighted by atomic mass is 19.1. The van der Waals surface area contributed by atoms with E-state index in [-0.39, 0.29) is 5.82 Å². The minimum atomic E-state index is -0.354. The average molecular weight is 369 g/mol. The molecule has 3 aromatic rings. The smallest absolute Gasteiger partial charge is 0.166 e. The molecule has 0 unspecified atom stereocenters. The van der Waals surface area contributed by atoms with Crippen LogP contribution < -0.4 is 10.2 Å². The standard InChI is InChI=1S/C19H24FN7/c1-13-11-17(25-24-13)21-16-12-18(27(4)10-9-26(2)3)23-19(22-16)14-7-5-6-8-15(14)20/h5-8,11-12H,9-10H2,1-4H3,(H2,21,22,23,24,25). The van der Waals surface area contributed by atoms with Crippen molar-refractivity contribution in [3.05, 3.63) is 47.9 Å². The number of halogens is 1. The highest BCUT2D eigenvalue weighted by Gasteiger charge is 2.14. The largest absolute Gasteiger partial charge is 0.358 e. The van der Waals surface area contributed by atoms with E-state index in [0.29, 0.717) is 28.8 Å². The van der Waals surface area contributed by atoms with Crippen LogP contribution in [0.25, 0.3) is 11.4 Å². The summed E-state index contributed by atoms with van der Waals surface area (Å²) >= 11 is 0. The number of aryl methyl sites for hydroxylation is 1. The first-order valence-electron chi connectivity index (χ1n) is 8.71. The van der Waals surface area contributed by atoms with Crippen LogP contribution in [-0.2, 0) is 0 Å². The van der Waals surface area contributed by atoms with Crippen LogP contribution in [0.15, 0.2) is 36.4 Å². The van der Waals surface area contributed by atoms with E-state index in [4.69, 9.17) is 0 Å². The molecular weight excluding hydrogens is 345 g/mol. The van der Waals surface area contributed by atoms with Gasteiger partial charge in [-0.3, -0.25) is 5.10 Å². The van der Waals surface area contributed by atoms with Gasteiger partial charge in [0.2, 0.25) is 0 Å². The summed E-state index contributed by atoms with van der Waals surface area (Å²) in [4.78, 5) is 13.2. The molecule has 27 heavy (non-hydrogen) atoms. The van der Waals surface area contributed by atoms with E-state index in [1.54, 1.807) is 18.2 Å². The van der Waals surface area contributed by atoms with Crippen molar-refractivity contribution in [1.82, 2.24) is 25.1 Å². The molecular formula is C19H24FN7. The van der Waals surface area contributed by atoms with Crippen LogP contribution in [0.3, 0.4) is 0 Å².